The van der Waals surface area contributed by atoms with Gasteiger partial charge in [0, 0.05) is 43.2 Å². The largest absolute Gasteiger partial charge is 0.453 e. The Labute approximate surface area is 181 Å². The van der Waals surface area contributed by atoms with E-state index in [0.717, 1.165) is 10.2 Å². The van der Waals surface area contributed by atoms with Crippen LogP contribution in [0.4, 0.5) is 18.9 Å². The van der Waals surface area contributed by atoms with Crippen LogP contribution in [-0.4, -0.2) is 45.5 Å². The smallest absolute Gasteiger partial charge is 0.378 e. The molecule has 0 fully saturated rings. The monoisotopic (exact) mass is 449 g/mol. The lowest BCUT2D eigenvalue weighted by Gasteiger charge is -2.14. The molecule has 0 atom stereocenters. The van der Waals surface area contributed by atoms with Gasteiger partial charge in [0.2, 0.25) is 5.91 Å². The van der Waals surface area contributed by atoms with Crippen molar-refractivity contribution in [3.8, 4) is 0 Å². The summed E-state index contributed by atoms with van der Waals surface area (Å²) >= 11 is 0. The molecule has 1 aromatic carbocycles. The molecule has 170 valence electrons. The number of alkyl halides is 3. The van der Waals surface area contributed by atoms with E-state index in [1.54, 1.807) is 32.0 Å². The summed E-state index contributed by atoms with van der Waals surface area (Å²) in [6, 6.07) is 6.88. The van der Waals surface area contributed by atoms with Crippen molar-refractivity contribution >= 4 is 23.3 Å². The van der Waals surface area contributed by atoms with E-state index in [2.05, 4.69) is 25.9 Å². The summed E-state index contributed by atoms with van der Waals surface area (Å²) < 4.78 is 39.7. The molecule has 2 aromatic heterocycles. The topological polar surface area (TPSA) is 105 Å². The lowest BCUT2D eigenvalue weighted by Crippen LogP contribution is -2.41. The summed E-state index contributed by atoms with van der Waals surface area (Å²) in [4.78, 5) is 33.8. The Morgan fingerprint density at radius 3 is 2.50 bits per heavy atom. The van der Waals surface area contributed by atoms with Gasteiger partial charge in [0.1, 0.15) is 0 Å². The lowest BCUT2D eigenvalue weighted by molar-refractivity contribution is -0.144. The first-order chi connectivity index (χ1) is 15.0. The molecular weight excluding hydrogens is 427 g/mol. The van der Waals surface area contributed by atoms with Crippen molar-refractivity contribution < 1.29 is 22.8 Å². The summed E-state index contributed by atoms with van der Waals surface area (Å²) in [5, 5.41) is 3.48. The van der Waals surface area contributed by atoms with E-state index in [-0.39, 0.29) is 18.6 Å². The molecule has 0 saturated carbocycles. The van der Waals surface area contributed by atoms with Crippen LogP contribution in [0.1, 0.15) is 39.6 Å². The molecule has 3 rings (SSSR count). The Hall–Kier alpha value is -3.70. The van der Waals surface area contributed by atoms with Crippen LogP contribution >= 0.6 is 0 Å². The van der Waals surface area contributed by atoms with Gasteiger partial charge in [0.15, 0.2) is 0 Å². The predicted octanol–water partition coefficient (Wildman–Crippen LogP) is 2.22. The SMILES string of the molecule is Cc1nc2nc(C(F)(F)F)nn2c(C)c1CCC(=O)NNC(=O)c1cccc(N(C)C)c1. The normalized spacial score (nSPS) is 11.5. The molecule has 0 bridgehead atoms. The average molecular weight is 449 g/mol. The van der Waals surface area contributed by atoms with Crippen LogP contribution in [0.2, 0.25) is 0 Å². The zero-order valence-electron chi connectivity index (χ0n) is 17.9. The molecule has 0 saturated heterocycles. The minimum absolute atomic E-state index is 0.0201. The Morgan fingerprint density at radius 2 is 1.84 bits per heavy atom. The molecule has 0 spiro atoms. The van der Waals surface area contributed by atoms with Gasteiger partial charge in [-0.25, -0.2) is 9.50 Å². The minimum Gasteiger partial charge on any atom is -0.378 e. The molecule has 2 N–H and O–H groups in total. The fourth-order valence-corrected chi connectivity index (χ4v) is 3.12. The first-order valence-corrected chi connectivity index (χ1v) is 9.64. The molecule has 0 aliphatic carbocycles. The molecular formula is C20H22F3N7O2. The standard InChI is InChI=1S/C20H22F3N7O2/c1-11-15(12(2)30-19(24-11)25-18(28-30)20(21,22)23)8-9-16(31)26-27-17(32)13-6-5-7-14(10-13)29(3)4/h5-7,10H,8-9H2,1-4H3,(H,26,31)(H,27,32). The van der Waals surface area contributed by atoms with Gasteiger partial charge in [0.05, 0.1) is 0 Å². The van der Waals surface area contributed by atoms with Crippen molar-refractivity contribution in [2.75, 3.05) is 19.0 Å². The number of carbonyl (C=O) groups is 2. The number of rotatable bonds is 5. The molecule has 0 radical (unpaired) electrons. The number of halogens is 3. The number of carbonyl (C=O) groups excluding carboxylic acids is 2. The molecule has 9 nitrogen and oxygen atoms in total. The van der Waals surface area contributed by atoms with E-state index in [9.17, 15) is 22.8 Å². The zero-order chi connectivity index (χ0) is 23.6. The molecule has 2 amide bonds. The Bertz CT molecular complexity index is 1170. The number of hydrogen-bond acceptors (Lipinski definition) is 6. The second kappa shape index (κ2) is 8.81. The van der Waals surface area contributed by atoms with E-state index in [1.807, 2.05) is 25.1 Å². The van der Waals surface area contributed by atoms with Crippen LogP contribution in [0.3, 0.4) is 0 Å². The maximum absolute atomic E-state index is 12.9. The third-order valence-electron chi connectivity index (χ3n) is 4.84. The van der Waals surface area contributed by atoms with Crippen LogP contribution < -0.4 is 15.8 Å². The fraction of sp³-hybridized carbons (Fsp3) is 0.350. The predicted molar refractivity (Wildman–Crippen MR) is 110 cm³/mol. The van der Waals surface area contributed by atoms with Gasteiger partial charge in [-0.15, -0.1) is 5.10 Å². The molecule has 0 aliphatic rings. The van der Waals surface area contributed by atoms with Gasteiger partial charge in [-0.2, -0.15) is 18.2 Å². The van der Waals surface area contributed by atoms with E-state index in [1.165, 1.54) is 0 Å². The summed E-state index contributed by atoms with van der Waals surface area (Å²) in [6.45, 7) is 3.21. The van der Waals surface area contributed by atoms with Gasteiger partial charge in [-0.3, -0.25) is 20.4 Å². The van der Waals surface area contributed by atoms with Gasteiger partial charge in [-0.05, 0) is 44.0 Å². The summed E-state index contributed by atoms with van der Waals surface area (Å²) in [6.07, 6.45) is -4.51. The summed E-state index contributed by atoms with van der Waals surface area (Å²) in [7, 11) is 3.69. The number of nitrogens with zero attached hydrogens (tertiary/aromatic N) is 5. The third kappa shape index (κ3) is 4.95. The number of benzene rings is 1. The number of aromatic nitrogens is 4. The van der Waals surface area contributed by atoms with E-state index in [4.69, 9.17) is 0 Å². The van der Waals surface area contributed by atoms with Crippen molar-refractivity contribution in [2.24, 2.45) is 0 Å². The van der Waals surface area contributed by atoms with Gasteiger partial charge < -0.3 is 4.90 Å². The van der Waals surface area contributed by atoms with Gasteiger partial charge in [-0.1, -0.05) is 6.07 Å². The molecule has 12 heteroatoms. The number of fused-ring (bicyclic) bond motifs is 1. The first-order valence-electron chi connectivity index (χ1n) is 9.64. The van der Waals surface area contributed by atoms with Crippen molar-refractivity contribution in [3.05, 3.63) is 52.6 Å². The second-order valence-corrected chi connectivity index (χ2v) is 7.35. The van der Waals surface area contributed by atoms with Crippen molar-refractivity contribution in [1.82, 2.24) is 30.4 Å². The van der Waals surface area contributed by atoms with Gasteiger partial charge >= 0.3 is 6.18 Å². The third-order valence-corrected chi connectivity index (χ3v) is 4.84. The highest BCUT2D eigenvalue weighted by molar-refractivity contribution is 5.96. The maximum Gasteiger partial charge on any atom is 0.453 e. The van der Waals surface area contributed by atoms with Crippen molar-refractivity contribution in [2.45, 2.75) is 32.9 Å². The molecule has 32 heavy (non-hydrogen) atoms. The van der Waals surface area contributed by atoms with Crippen LogP contribution in [-0.2, 0) is 17.4 Å². The molecule has 2 heterocycles. The zero-order valence-corrected chi connectivity index (χ0v) is 17.9. The Balaban J connectivity index is 1.64. The molecule has 3 aromatic rings. The number of amides is 2. The Morgan fingerprint density at radius 1 is 1.12 bits per heavy atom. The minimum atomic E-state index is -4.68. The molecule has 0 aliphatic heterocycles. The average Bonchev–Trinajstić information content (AvgIpc) is 3.16. The van der Waals surface area contributed by atoms with Crippen LogP contribution in [0.25, 0.3) is 5.78 Å². The van der Waals surface area contributed by atoms with Crippen LogP contribution in [0.15, 0.2) is 24.3 Å². The van der Waals surface area contributed by atoms with E-state index in [0.29, 0.717) is 22.5 Å². The Kier molecular flexibility index (Phi) is 6.32. The second-order valence-electron chi connectivity index (χ2n) is 7.35. The number of hydrogen-bond donors (Lipinski definition) is 2. The number of anilines is 1. The summed E-state index contributed by atoms with van der Waals surface area (Å²) in [5.41, 5.74) is 7.35. The quantitative estimate of drug-likeness (QED) is 0.579. The van der Waals surface area contributed by atoms with E-state index >= 15 is 0 Å². The highest BCUT2D eigenvalue weighted by Gasteiger charge is 2.37. The fourth-order valence-electron chi connectivity index (χ4n) is 3.12. The highest BCUT2D eigenvalue weighted by atomic mass is 19.4. The lowest BCUT2D eigenvalue weighted by atomic mass is 10.1. The number of hydrazine groups is 1. The maximum atomic E-state index is 12.9. The van der Waals surface area contributed by atoms with Crippen LogP contribution in [0.5, 0.6) is 0 Å². The first kappa shape index (κ1) is 23.0. The van der Waals surface area contributed by atoms with Crippen molar-refractivity contribution in [1.29, 1.82) is 0 Å². The van der Waals surface area contributed by atoms with Crippen molar-refractivity contribution in [3.63, 3.8) is 0 Å². The number of aryl methyl sites for hydroxylation is 2. The highest BCUT2D eigenvalue weighted by Crippen LogP contribution is 2.27. The van der Waals surface area contributed by atoms with Gasteiger partial charge in [0.25, 0.3) is 17.5 Å². The van der Waals surface area contributed by atoms with Crippen LogP contribution in [0, 0.1) is 13.8 Å². The summed E-state index contributed by atoms with van der Waals surface area (Å²) in [5.74, 6) is -2.37. The van der Waals surface area contributed by atoms with E-state index < -0.39 is 23.8 Å². The molecule has 0 unspecified atom stereocenters. The number of nitrogens with one attached hydrogen (secondary N) is 2.